The second-order valence-electron chi connectivity index (χ2n) is 5.62. The number of hydrogen-bond donors (Lipinski definition) is 1. The molecule has 116 valence electrons. The molecule has 1 atom stereocenters. The molecule has 21 heavy (non-hydrogen) atoms. The third kappa shape index (κ3) is 4.36. The van der Waals surface area contributed by atoms with Crippen molar-refractivity contribution < 1.29 is 19.0 Å². The molecule has 1 saturated heterocycles. The van der Waals surface area contributed by atoms with Gasteiger partial charge in [-0.25, -0.2) is 0 Å². The summed E-state index contributed by atoms with van der Waals surface area (Å²) in [6.07, 6.45) is 2.02. The van der Waals surface area contributed by atoms with Crippen LogP contribution in [0.2, 0.25) is 0 Å². The second-order valence-corrected chi connectivity index (χ2v) is 5.62. The third-order valence-corrected chi connectivity index (χ3v) is 3.64. The number of ether oxygens (including phenoxy) is 3. The summed E-state index contributed by atoms with van der Waals surface area (Å²) in [5, 5.41) is 2.85. The molecule has 0 spiro atoms. The molecule has 1 N–H and O–H groups in total. The lowest BCUT2D eigenvalue weighted by atomic mass is 10.0. The molecule has 0 saturated carbocycles. The summed E-state index contributed by atoms with van der Waals surface area (Å²) < 4.78 is 16.4. The summed E-state index contributed by atoms with van der Waals surface area (Å²) in [5.41, 5.74) is 0.840. The topological polar surface area (TPSA) is 56.8 Å². The maximum absolute atomic E-state index is 11.8. The van der Waals surface area contributed by atoms with Gasteiger partial charge in [0.05, 0.1) is 12.7 Å². The van der Waals surface area contributed by atoms with Gasteiger partial charge >= 0.3 is 0 Å². The molecule has 5 nitrogen and oxygen atoms in total. The normalized spacial score (nSPS) is 21.1. The van der Waals surface area contributed by atoms with E-state index in [2.05, 4.69) is 5.32 Å². The van der Waals surface area contributed by atoms with Gasteiger partial charge in [0.1, 0.15) is 0 Å². The maximum atomic E-state index is 11.8. The molecule has 1 heterocycles. The summed E-state index contributed by atoms with van der Waals surface area (Å²) in [6, 6.07) is 5.60. The molecule has 1 amide bonds. The average molecular weight is 293 g/mol. The number of hydrogen-bond acceptors (Lipinski definition) is 4. The Labute approximate surface area is 125 Å². The molecule has 0 unspecified atom stereocenters. The van der Waals surface area contributed by atoms with Crippen molar-refractivity contribution in [2.24, 2.45) is 0 Å². The number of nitrogens with one attached hydrogen (secondary N) is 1. The van der Waals surface area contributed by atoms with Crippen molar-refractivity contribution in [2.45, 2.75) is 32.3 Å². The molecule has 1 aromatic carbocycles. The van der Waals surface area contributed by atoms with Crippen LogP contribution in [0.25, 0.3) is 0 Å². The summed E-state index contributed by atoms with van der Waals surface area (Å²) in [6.45, 7) is 5.24. The van der Waals surface area contributed by atoms with E-state index in [-0.39, 0.29) is 18.1 Å². The minimum absolute atomic E-state index is 0.0322. The number of methoxy groups -OCH3 is 1. The Morgan fingerprint density at radius 2 is 2.24 bits per heavy atom. The van der Waals surface area contributed by atoms with Crippen LogP contribution >= 0.6 is 0 Å². The standard InChI is InChI=1S/C16H23NO4/c1-12-5-6-13(14(9-12)19-3)20-10-15(18)17-11-16(2)7-4-8-21-16/h5-6,9H,4,7-8,10-11H2,1-3H3,(H,17,18)/t16-/m1/s1. The molecular formula is C16H23NO4. The number of carbonyl (C=O) groups is 1. The van der Waals surface area contributed by atoms with E-state index >= 15 is 0 Å². The Morgan fingerprint density at radius 3 is 2.90 bits per heavy atom. The third-order valence-electron chi connectivity index (χ3n) is 3.64. The highest BCUT2D eigenvalue weighted by Gasteiger charge is 2.29. The highest BCUT2D eigenvalue weighted by atomic mass is 16.5. The number of benzene rings is 1. The van der Waals surface area contributed by atoms with Gasteiger partial charge in [-0.2, -0.15) is 0 Å². The Hall–Kier alpha value is -1.75. The molecule has 0 aromatic heterocycles. The van der Waals surface area contributed by atoms with Crippen LogP contribution in [0, 0.1) is 6.92 Å². The van der Waals surface area contributed by atoms with E-state index < -0.39 is 0 Å². The van der Waals surface area contributed by atoms with Gasteiger partial charge < -0.3 is 19.5 Å². The lowest BCUT2D eigenvalue weighted by molar-refractivity contribution is -0.124. The average Bonchev–Trinajstić information content (AvgIpc) is 2.91. The van der Waals surface area contributed by atoms with Crippen LogP contribution in [-0.4, -0.2) is 38.4 Å². The monoisotopic (exact) mass is 293 g/mol. The fraction of sp³-hybridized carbons (Fsp3) is 0.562. The van der Waals surface area contributed by atoms with E-state index in [1.807, 2.05) is 32.0 Å². The Bertz CT molecular complexity index is 495. The maximum Gasteiger partial charge on any atom is 0.258 e. The fourth-order valence-electron chi connectivity index (χ4n) is 2.35. The van der Waals surface area contributed by atoms with Gasteiger partial charge in [-0.1, -0.05) is 6.07 Å². The molecule has 5 heteroatoms. The van der Waals surface area contributed by atoms with Crippen molar-refractivity contribution >= 4 is 5.91 Å². The minimum Gasteiger partial charge on any atom is -0.493 e. The van der Waals surface area contributed by atoms with Crippen LogP contribution in [0.15, 0.2) is 18.2 Å². The summed E-state index contributed by atoms with van der Waals surface area (Å²) in [7, 11) is 1.58. The van der Waals surface area contributed by atoms with Crippen molar-refractivity contribution in [3.8, 4) is 11.5 Å². The van der Waals surface area contributed by atoms with Crippen LogP contribution in [0.3, 0.4) is 0 Å². The largest absolute Gasteiger partial charge is 0.493 e. The lowest BCUT2D eigenvalue weighted by Gasteiger charge is -2.23. The van der Waals surface area contributed by atoms with E-state index in [1.54, 1.807) is 7.11 Å². The van der Waals surface area contributed by atoms with Crippen molar-refractivity contribution in [2.75, 3.05) is 26.9 Å². The molecule has 1 aliphatic heterocycles. The number of carbonyl (C=O) groups excluding carboxylic acids is 1. The van der Waals surface area contributed by atoms with Gasteiger partial charge in [-0.3, -0.25) is 4.79 Å². The predicted octanol–water partition coefficient (Wildman–Crippen LogP) is 2.07. The van der Waals surface area contributed by atoms with Gasteiger partial charge in [-0.05, 0) is 44.4 Å². The van der Waals surface area contributed by atoms with E-state index in [9.17, 15) is 4.79 Å². The first-order chi connectivity index (χ1) is 10.0. The quantitative estimate of drug-likeness (QED) is 0.872. The minimum atomic E-state index is -0.239. The molecule has 0 aliphatic carbocycles. The van der Waals surface area contributed by atoms with Crippen LogP contribution < -0.4 is 14.8 Å². The molecule has 1 aliphatic rings. The molecule has 2 rings (SSSR count). The molecule has 0 bridgehead atoms. The van der Waals surface area contributed by atoms with Crippen LogP contribution in [-0.2, 0) is 9.53 Å². The molecule has 0 radical (unpaired) electrons. The van der Waals surface area contributed by atoms with Crippen LogP contribution in [0.1, 0.15) is 25.3 Å². The molecular weight excluding hydrogens is 270 g/mol. The Kier molecular flexibility index (Phi) is 5.07. The highest BCUT2D eigenvalue weighted by molar-refractivity contribution is 5.77. The van der Waals surface area contributed by atoms with Crippen molar-refractivity contribution in [1.29, 1.82) is 0 Å². The van der Waals surface area contributed by atoms with E-state index in [0.717, 1.165) is 25.0 Å². The van der Waals surface area contributed by atoms with Crippen LogP contribution in [0.4, 0.5) is 0 Å². The highest BCUT2D eigenvalue weighted by Crippen LogP contribution is 2.27. The van der Waals surface area contributed by atoms with Gasteiger partial charge in [-0.15, -0.1) is 0 Å². The Balaban J connectivity index is 1.81. The van der Waals surface area contributed by atoms with Gasteiger partial charge in [0.25, 0.3) is 5.91 Å². The summed E-state index contributed by atoms with van der Waals surface area (Å²) in [4.78, 5) is 11.8. The van der Waals surface area contributed by atoms with Gasteiger partial charge in [0.2, 0.25) is 0 Å². The summed E-state index contributed by atoms with van der Waals surface area (Å²) >= 11 is 0. The van der Waals surface area contributed by atoms with Crippen molar-refractivity contribution in [3.05, 3.63) is 23.8 Å². The lowest BCUT2D eigenvalue weighted by Crippen LogP contribution is -2.41. The SMILES string of the molecule is COc1cc(C)ccc1OCC(=O)NC[C@@]1(C)CCCO1. The van der Waals surface area contributed by atoms with Gasteiger partial charge in [0.15, 0.2) is 18.1 Å². The molecule has 1 fully saturated rings. The Morgan fingerprint density at radius 1 is 1.43 bits per heavy atom. The summed E-state index contributed by atoms with van der Waals surface area (Å²) in [5.74, 6) is 1.05. The number of amides is 1. The second kappa shape index (κ2) is 6.80. The smallest absolute Gasteiger partial charge is 0.258 e. The zero-order valence-electron chi connectivity index (χ0n) is 12.9. The first kappa shape index (κ1) is 15.6. The first-order valence-corrected chi connectivity index (χ1v) is 7.20. The predicted molar refractivity (Wildman–Crippen MR) is 79.8 cm³/mol. The van der Waals surface area contributed by atoms with Gasteiger partial charge in [0, 0.05) is 13.2 Å². The van der Waals surface area contributed by atoms with Crippen molar-refractivity contribution in [1.82, 2.24) is 5.32 Å². The van der Waals surface area contributed by atoms with Crippen LogP contribution in [0.5, 0.6) is 11.5 Å². The van der Waals surface area contributed by atoms with E-state index in [1.165, 1.54) is 0 Å². The van der Waals surface area contributed by atoms with E-state index in [0.29, 0.717) is 18.0 Å². The number of aryl methyl sites for hydroxylation is 1. The van der Waals surface area contributed by atoms with E-state index in [4.69, 9.17) is 14.2 Å². The molecule has 1 aromatic rings. The zero-order chi connectivity index (χ0) is 15.3. The fourth-order valence-corrected chi connectivity index (χ4v) is 2.35. The zero-order valence-corrected chi connectivity index (χ0v) is 12.9. The van der Waals surface area contributed by atoms with Crippen molar-refractivity contribution in [3.63, 3.8) is 0 Å². The first-order valence-electron chi connectivity index (χ1n) is 7.20. The number of rotatable bonds is 6.